The van der Waals surface area contributed by atoms with Crippen molar-refractivity contribution in [3.8, 4) is 0 Å². The number of rotatable bonds is 7. The lowest BCUT2D eigenvalue weighted by molar-refractivity contribution is -0.116. The number of thiazole rings is 1. The Balaban J connectivity index is 1.62. The lowest BCUT2D eigenvalue weighted by Crippen LogP contribution is -2.35. The summed E-state index contributed by atoms with van der Waals surface area (Å²) in [5.41, 5.74) is 2.36. The van der Waals surface area contributed by atoms with Crippen molar-refractivity contribution in [3.05, 3.63) is 96.1 Å². The molecule has 0 aliphatic carbocycles. The largest absolute Gasteiger partial charge is 0.283 e. The summed E-state index contributed by atoms with van der Waals surface area (Å²) in [5, 5.41) is 0.500. The molecule has 30 heavy (non-hydrogen) atoms. The van der Waals surface area contributed by atoms with Crippen molar-refractivity contribution < 1.29 is 13.2 Å². The van der Waals surface area contributed by atoms with Crippen molar-refractivity contribution in [2.75, 3.05) is 10.7 Å². The van der Waals surface area contributed by atoms with Crippen LogP contribution in [0.1, 0.15) is 11.1 Å². The van der Waals surface area contributed by atoms with E-state index in [-0.39, 0.29) is 12.3 Å². The van der Waals surface area contributed by atoms with Crippen LogP contribution in [0, 0.1) is 0 Å². The molecule has 0 unspecified atom stereocenters. The van der Waals surface area contributed by atoms with Gasteiger partial charge in [-0.3, -0.25) is 9.69 Å². The van der Waals surface area contributed by atoms with Crippen LogP contribution < -0.4 is 4.90 Å². The summed E-state index contributed by atoms with van der Waals surface area (Å²) in [6.07, 6.45) is 0. The normalized spacial score (nSPS) is 11.5. The van der Waals surface area contributed by atoms with Crippen LogP contribution in [0.3, 0.4) is 0 Å². The third-order valence-electron chi connectivity index (χ3n) is 4.57. The fraction of sp³-hybridized carbons (Fsp3) is 0.130. The molecule has 4 aromatic rings. The highest BCUT2D eigenvalue weighted by molar-refractivity contribution is 7.91. The summed E-state index contributed by atoms with van der Waals surface area (Å²) >= 11 is 1.38. The number of sulfone groups is 1. The van der Waals surface area contributed by atoms with Gasteiger partial charge in [-0.1, -0.05) is 84.1 Å². The topological polar surface area (TPSA) is 67.3 Å². The molecule has 152 valence electrons. The third-order valence-corrected chi connectivity index (χ3v) is 7.09. The molecule has 1 aromatic heterocycles. The highest BCUT2D eigenvalue weighted by Gasteiger charge is 2.25. The molecule has 0 aliphatic heterocycles. The lowest BCUT2D eigenvalue weighted by Gasteiger charge is -2.20. The van der Waals surface area contributed by atoms with Crippen LogP contribution in [0.15, 0.2) is 84.9 Å². The minimum Gasteiger partial charge on any atom is -0.283 e. The molecule has 0 bridgehead atoms. The number of aromatic nitrogens is 1. The molecule has 0 N–H and O–H groups in total. The molecule has 0 radical (unpaired) electrons. The number of amides is 1. The van der Waals surface area contributed by atoms with Crippen molar-refractivity contribution >= 4 is 42.4 Å². The molecule has 0 fully saturated rings. The first-order valence-electron chi connectivity index (χ1n) is 9.44. The molecular weight excluding hydrogens is 416 g/mol. The van der Waals surface area contributed by atoms with Crippen molar-refractivity contribution in [2.45, 2.75) is 12.3 Å². The summed E-state index contributed by atoms with van der Waals surface area (Å²) in [7, 11) is -3.62. The van der Waals surface area contributed by atoms with Gasteiger partial charge in [-0.05, 0) is 23.3 Å². The van der Waals surface area contributed by atoms with Gasteiger partial charge >= 0.3 is 0 Å². The fourth-order valence-electron chi connectivity index (χ4n) is 3.15. The number of fused-ring (bicyclic) bond motifs is 1. The minimum atomic E-state index is -3.62. The zero-order chi connectivity index (χ0) is 21.0. The van der Waals surface area contributed by atoms with Gasteiger partial charge in [0.15, 0.2) is 15.0 Å². The van der Waals surface area contributed by atoms with E-state index in [1.54, 1.807) is 24.3 Å². The van der Waals surface area contributed by atoms with Crippen molar-refractivity contribution in [2.24, 2.45) is 0 Å². The van der Waals surface area contributed by atoms with Gasteiger partial charge in [-0.25, -0.2) is 13.4 Å². The standard InChI is InChI=1S/C23H20N2O3S2/c26-22(17-30(27,28)16-19-11-5-2-6-12-19)25(15-18-9-3-1-4-10-18)23-24-20-13-7-8-14-21(20)29-23/h1-14H,15-17H2. The SMILES string of the molecule is O=C(CS(=O)(=O)Cc1ccccc1)N(Cc1ccccc1)c1nc2ccccc2s1. The number of anilines is 1. The van der Waals surface area contributed by atoms with Gasteiger partial charge in [0.1, 0.15) is 5.75 Å². The Bertz CT molecular complexity index is 1220. The van der Waals surface area contributed by atoms with Gasteiger partial charge in [0, 0.05) is 0 Å². The van der Waals surface area contributed by atoms with Crippen LogP contribution >= 0.6 is 11.3 Å². The smallest absolute Gasteiger partial charge is 0.244 e. The first-order valence-corrected chi connectivity index (χ1v) is 12.1. The summed E-state index contributed by atoms with van der Waals surface area (Å²) in [6, 6.07) is 26.0. The van der Waals surface area contributed by atoms with Gasteiger partial charge in [-0.15, -0.1) is 0 Å². The number of carbonyl (C=O) groups excluding carboxylic acids is 1. The lowest BCUT2D eigenvalue weighted by atomic mass is 10.2. The molecule has 3 aromatic carbocycles. The van der Waals surface area contributed by atoms with Crippen LogP contribution in [0.2, 0.25) is 0 Å². The van der Waals surface area contributed by atoms with E-state index >= 15 is 0 Å². The summed E-state index contributed by atoms with van der Waals surface area (Å²) in [5.74, 6) is -1.21. The van der Waals surface area contributed by atoms with Crippen LogP contribution in [-0.4, -0.2) is 25.1 Å². The van der Waals surface area contributed by atoms with Crippen LogP contribution in [-0.2, 0) is 26.9 Å². The first-order chi connectivity index (χ1) is 14.5. The molecule has 0 atom stereocenters. The molecule has 0 spiro atoms. The van der Waals surface area contributed by atoms with E-state index < -0.39 is 21.5 Å². The average Bonchev–Trinajstić information content (AvgIpc) is 3.16. The highest BCUT2D eigenvalue weighted by atomic mass is 32.2. The summed E-state index contributed by atoms with van der Waals surface area (Å²) < 4.78 is 26.4. The Labute approximate surface area is 179 Å². The highest BCUT2D eigenvalue weighted by Crippen LogP contribution is 2.30. The quantitative estimate of drug-likeness (QED) is 0.429. The molecule has 1 heterocycles. The Morgan fingerprint density at radius 1 is 0.833 bits per heavy atom. The molecule has 4 rings (SSSR count). The van der Waals surface area contributed by atoms with E-state index in [1.807, 2.05) is 60.7 Å². The van der Waals surface area contributed by atoms with Gasteiger partial charge in [0.05, 0.1) is 22.5 Å². The average molecular weight is 437 g/mol. The second-order valence-electron chi connectivity index (χ2n) is 6.95. The van der Waals surface area contributed by atoms with E-state index in [4.69, 9.17) is 0 Å². The van der Waals surface area contributed by atoms with E-state index in [2.05, 4.69) is 4.98 Å². The van der Waals surface area contributed by atoms with Crippen LogP contribution in [0.25, 0.3) is 10.2 Å². The molecular formula is C23H20N2O3S2. The second-order valence-corrected chi connectivity index (χ2v) is 10.0. The summed E-state index contributed by atoms with van der Waals surface area (Å²) in [6.45, 7) is 0.264. The number of hydrogen-bond donors (Lipinski definition) is 0. The van der Waals surface area contributed by atoms with Gasteiger partial charge in [0.25, 0.3) is 0 Å². The molecule has 1 amide bonds. The predicted octanol–water partition coefficient (Wildman–Crippen LogP) is 4.44. The van der Waals surface area contributed by atoms with Crippen molar-refractivity contribution in [1.29, 1.82) is 0 Å². The van der Waals surface area contributed by atoms with Gasteiger partial charge in [0.2, 0.25) is 5.91 Å². The Hall–Kier alpha value is -3.03. The molecule has 7 heteroatoms. The molecule has 0 saturated heterocycles. The predicted molar refractivity (Wildman–Crippen MR) is 121 cm³/mol. The molecule has 5 nitrogen and oxygen atoms in total. The number of hydrogen-bond acceptors (Lipinski definition) is 5. The van der Waals surface area contributed by atoms with Gasteiger partial charge in [-0.2, -0.15) is 0 Å². The monoisotopic (exact) mass is 436 g/mol. The third kappa shape index (κ3) is 4.93. The first kappa shape index (κ1) is 20.3. The van der Waals surface area contributed by atoms with Crippen LogP contribution in [0.4, 0.5) is 5.13 Å². The van der Waals surface area contributed by atoms with E-state index in [0.717, 1.165) is 15.8 Å². The van der Waals surface area contributed by atoms with Gasteiger partial charge < -0.3 is 0 Å². The van der Waals surface area contributed by atoms with E-state index in [1.165, 1.54) is 16.2 Å². The van der Waals surface area contributed by atoms with Crippen LogP contribution in [0.5, 0.6) is 0 Å². The van der Waals surface area contributed by atoms with E-state index in [0.29, 0.717) is 10.7 Å². The van der Waals surface area contributed by atoms with Crippen molar-refractivity contribution in [1.82, 2.24) is 4.98 Å². The number of para-hydroxylation sites is 1. The summed E-state index contributed by atoms with van der Waals surface area (Å²) in [4.78, 5) is 19.2. The Kier molecular flexibility index (Phi) is 5.92. The number of nitrogens with zero attached hydrogens (tertiary/aromatic N) is 2. The zero-order valence-corrected chi connectivity index (χ0v) is 17.8. The molecule has 0 aliphatic rings. The zero-order valence-electron chi connectivity index (χ0n) is 16.1. The molecule has 0 saturated carbocycles. The Morgan fingerprint density at radius 2 is 1.43 bits per heavy atom. The maximum absolute atomic E-state index is 13.1. The van der Waals surface area contributed by atoms with E-state index in [9.17, 15) is 13.2 Å². The Morgan fingerprint density at radius 3 is 2.10 bits per heavy atom. The maximum Gasteiger partial charge on any atom is 0.244 e. The second kappa shape index (κ2) is 8.77. The minimum absolute atomic E-state index is 0.168. The number of benzene rings is 3. The fourth-order valence-corrected chi connectivity index (χ4v) is 5.47. The maximum atomic E-state index is 13.1. The number of carbonyl (C=O) groups is 1. The van der Waals surface area contributed by atoms with Crippen molar-refractivity contribution in [3.63, 3.8) is 0 Å².